The molecule has 0 radical (unpaired) electrons. The minimum absolute atomic E-state index is 0.219. The van der Waals surface area contributed by atoms with Crippen LogP contribution in [0.1, 0.15) is 68.6 Å². The molecule has 0 saturated carbocycles. The second-order valence-corrected chi connectivity index (χ2v) is 7.47. The van der Waals surface area contributed by atoms with Gasteiger partial charge < -0.3 is 14.3 Å². The zero-order valence-electron chi connectivity index (χ0n) is 15.5. The molecule has 2 aromatic carbocycles. The first kappa shape index (κ1) is 21.1. The fraction of sp³-hybridized carbons (Fsp3) is 0.455. The molecule has 0 heterocycles. The van der Waals surface area contributed by atoms with Crippen molar-refractivity contribution in [2.75, 3.05) is 0 Å². The normalized spacial score (nSPS) is 12.4. The molecule has 0 saturated heterocycles. The quantitative estimate of drug-likeness (QED) is 0.319. The zero-order chi connectivity index (χ0) is 18.5. The molecule has 142 valence electrons. The van der Waals surface area contributed by atoms with E-state index in [1.54, 1.807) is 0 Å². The van der Waals surface area contributed by atoms with E-state index in [0.29, 0.717) is 0 Å². The molecule has 2 N–H and O–H groups in total. The summed E-state index contributed by atoms with van der Waals surface area (Å²) in [6, 6.07) is 20.5. The Morgan fingerprint density at radius 1 is 0.692 bits per heavy atom. The van der Waals surface area contributed by atoms with Crippen LogP contribution in [0.4, 0.5) is 0 Å². The Labute approximate surface area is 159 Å². The molecule has 3 nitrogen and oxygen atoms in total. The van der Waals surface area contributed by atoms with Gasteiger partial charge in [-0.15, -0.1) is 0 Å². The van der Waals surface area contributed by atoms with Gasteiger partial charge in [-0.1, -0.05) is 99.2 Å². The summed E-state index contributed by atoms with van der Waals surface area (Å²) in [6.45, 7) is 0. The minimum Gasteiger partial charge on any atom is -0.328 e. The second kappa shape index (κ2) is 13.0. The van der Waals surface area contributed by atoms with E-state index in [9.17, 15) is 9.79 Å². The Morgan fingerprint density at radius 2 is 1.23 bits per heavy atom. The van der Waals surface area contributed by atoms with Crippen molar-refractivity contribution in [3.8, 4) is 0 Å². The van der Waals surface area contributed by atoms with E-state index in [1.807, 2.05) is 30.3 Å². The van der Waals surface area contributed by atoms with Crippen LogP contribution in [0.2, 0.25) is 0 Å². The summed E-state index contributed by atoms with van der Waals surface area (Å²) in [6.07, 6.45) is 10.4. The maximum atomic E-state index is 9.19. The molecule has 0 spiro atoms. The van der Waals surface area contributed by atoms with Gasteiger partial charge in [0.2, 0.25) is 0 Å². The largest absolute Gasteiger partial charge is 0.328 e. The van der Waals surface area contributed by atoms with Gasteiger partial charge in [-0.2, -0.15) is 0 Å². The van der Waals surface area contributed by atoms with Crippen LogP contribution in [0.15, 0.2) is 60.7 Å². The number of rotatable bonds is 13. The van der Waals surface area contributed by atoms with Crippen molar-refractivity contribution in [3.05, 3.63) is 71.8 Å². The standard InChI is InChI=1S/C22H31O3P/c23-26(24)25-22(21-17-11-7-12-18-21)19-13-5-3-1-2-4-8-14-20-15-9-6-10-16-20/h6-7,9-12,15-18,22-24H,1-5,8,13-14,19H2. The van der Waals surface area contributed by atoms with Gasteiger partial charge in [-0.25, -0.2) is 0 Å². The third kappa shape index (κ3) is 8.91. The van der Waals surface area contributed by atoms with Crippen LogP contribution in [0, 0.1) is 0 Å². The van der Waals surface area contributed by atoms with E-state index in [4.69, 9.17) is 4.52 Å². The Morgan fingerprint density at radius 3 is 1.85 bits per heavy atom. The van der Waals surface area contributed by atoms with Gasteiger partial charge >= 0.3 is 8.60 Å². The molecule has 0 amide bonds. The molecule has 1 atom stereocenters. The Kier molecular flexibility index (Phi) is 10.5. The Hall–Kier alpha value is -1.25. The zero-order valence-corrected chi connectivity index (χ0v) is 16.4. The molecule has 2 rings (SSSR count). The number of benzene rings is 2. The van der Waals surface area contributed by atoms with E-state index in [0.717, 1.165) is 18.4 Å². The van der Waals surface area contributed by atoms with Gasteiger partial charge in [0.25, 0.3) is 0 Å². The molecule has 26 heavy (non-hydrogen) atoms. The molecule has 2 aromatic rings. The SMILES string of the molecule is OP(O)OC(CCCCCCCCCc1ccccc1)c1ccccc1. The number of unbranched alkanes of at least 4 members (excludes halogenated alkanes) is 6. The topological polar surface area (TPSA) is 49.7 Å². The third-order valence-electron chi connectivity index (χ3n) is 4.67. The van der Waals surface area contributed by atoms with Crippen LogP contribution in [0.25, 0.3) is 0 Å². The maximum Gasteiger partial charge on any atom is 0.327 e. The summed E-state index contributed by atoms with van der Waals surface area (Å²) in [4.78, 5) is 18.4. The molecule has 0 aliphatic heterocycles. The van der Waals surface area contributed by atoms with Gasteiger partial charge in [0.15, 0.2) is 0 Å². The van der Waals surface area contributed by atoms with E-state index >= 15 is 0 Å². The summed E-state index contributed by atoms with van der Waals surface area (Å²) in [5.74, 6) is 0. The molecule has 1 unspecified atom stereocenters. The minimum atomic E-state index is -2.32. The Balaban J connectivity index is 1.53. The van der Waals surface area contributed by atoms with Crippen LogP contribution in [0.3, 0.4) is 0 Å². The van der Waals surface area contributed by atoms with Crippen molar-refractivity contribution in [2.24, 2.45) is 0 Å². The summed E-state index contributed by atoms with van der Waals surface area (Å²) in [7, 11) is -2.32. The number of hydrogen-bond donors (Lipinski definition) is 2. The highest BCUT2D eigenvalue weighted by Crippen LogP contribution is 2.37. The lowest BCUT2D eigenvalue weighted by molar-refractivity contribution is 0.161. The Bertz CT molecular complexity index is 574. The predicted octanol–water partition coefficient (Wildman–Crippen LogP) is 6.32. The van der Waals surface area contributed by atoms with Gasteiger partial charge in [0, 0.05) is 0 Å². The monoisotopic (exact) mass is 374 g/mol. The summed E-state index contributed by atoms with van der Waals surface area (Å²) >= 11 is 0. The first-order valence-corrected chi connectivity index (χ1v) is 10.9. The lowest BCUT2D eigenvalue weighted by atomic mass is 10.0. The summed E-state index contributed by atoms with van der Waals surface area (Å²) in [5.41, 5.74) is 2.45. The maximum absolute atomic E-state index is 9.19. The van der Waals surface area contributed by atoms with Crippen LogP contribution in [0.5, 0.6) is 0 Å². The van der Waals surface area contributed by atoms with E-state index in [-0.39, 0.29) is 6.10 Å². The highest BCUT2D eigenvalue weighted by Gasteiger charge is 2.15. The predicted molar refractivity (Wildman–Crippen MR) is 109 cm³/mol. The first-order valence-electron chi connectivity index (χ1n) is 9.69. The van der Waals surface area contributed by atoms with Crippen molar-refractivity contribution >= 4 is 8.60 Å². The van der Waals surface area contributed by atoms with Crippen LogP contribution in [-0.4, -0.2) is 9.79 Å². The van der Waals surface area contributed by atoms with Crippen molar-refractivity contribution in [2.45, 2.75) is 63.9 Å². The lowest BCUT2D eigenvalue weighted by Gasteiger charge is -2.18. The van der Waals surface area contributed by atoms with Crippen LogP contribution in [-0.2, 0) is 10.9 Å². The van der Waals surface area contributed by atoms with Gasteiger partial charge in [-0.3, -0.25) is 0 Å². The average Bonchev–Trinajstić information content (AvgIpc) is 2.67. The second-order valence-electron chi connectivity index (χ2n) is 6.76. The van der Waals surface area contributed by atoms with Gasteiger partial charge in [-0.05, 0) is 30.4 Å². The summed E-state index contributed by atoms with van der Waals surface area (Å²) in [5, 5.41) is 0. The van der Waals surface area contributed by atoms with Crippen molar-refractivity contribution in [1.82, 2.24) is 0 Å². The molecule has 0 aliphatic carbocycles. The van der Waals surface area contributed by atoms with Gasteiger partial charge in [0.05, 0.1) is 6.10 Å². The fourth-order valence-electron chi connectivity index (χ4n) is 3.25. The molecule has 4 heteroatoms. The van der Waals surface area contributed by atoms with E-state index in [2.05, 4.69) is 30.3 Å². The highest BCUT2D eigenvalue weighted by atomic mass is 31.2. The lowest BCUT2D eigenvalue weighted by Crippen LogP contribution is -2.01. The molecular weight excluding hydrogens is 343 g/mol. The molecule has 0 bridgehead atoms. The van der Waals surface area contributed by atoms with Crippen LogP contribution >= 0.6 is 8.60 Å². The average molecular weight is 374 g/mol. The van der Waals surface area contributed by atoms with Crippen molar-refractivity contribution in [3.63, 3.8) is 0 Å². The van der Waals surface area contributed by atoms with Crippen LogP contribution < -0.4 is 0 Å². The number of hydrogen-bond acceptors (Lipinski definition) is 3. The number of aryl methyl sites for hydroxylation is 1. The van der Waals surface area contributed by atoms with Gasteiger partial charge in [0.1, 0.15) is 0 Å². The smallest absolute Gasteiger partial charge is 0.327 e. The first-order chi connectivity index (χ1) is 12.8. The fourth-order valence-corrected chi connectivity index (χ4v) is 3.70. The van der Waals surface area contributed by atoms with E-state index < -0.39 is 8.60 Å². The molecule has 0 aromatic heterocycles. The molecule has 0 aliphatic rings. The summed E-state index contributed by atoms with van der Waals surface area (Å²) < 4.78 is 5.31. The van der Waals surface area contributed by atoms with E-state index in [1.165, 1.54) is 50.5 Å². The van der Waals surface area contributed by atoms with Crippen molar-refractivity contribution in [1.29, 1.82) is 0 Å². The third-order valence-corrected chi connectivity index (χ3v) is 5.11. The molecule has 0 fully saturated rings. The highest BCUT2D eigenvalue weighted by molar-refractivity contribution is 7.39. The van der Waals surface area contributed by atoms with Crippen molar-refractivity contribution < 1.29 is 14.3 Å². The molecular formula is C22H31O3P.